The molecular weight excluding hydrogens is 1030 g/mol. The van der Waals surface area contributed by atoms with Gasteiger partial charge in [-0.2, -0.15) is 0 Å². The Bertz CT molecular complexity index is 2350. The topological polar surface area (TPSA) is 412 Å². The molecule has 1 heterocycles. The van der Waals surface area contributed by atoms with Crippen LogP contribution in [0.5, 0.6) is 0 Å². The molecule has 0 bridgehead atoms. The lowest BCUT2D eigenvalue weighted by atomic mass is 9.96. The number of carbonyl (C=O) groups excluding carboxylic acids is 9. The predicted molar refractivity (Wildman–Crippen MR) is 290 cm³/mol. The number of nitrogens with two attached hydrogens (primary N) is 3. The number of esters is 1. The number of benzene rings is 1. The van der Waals surface area contributed by atoms with E-state index in [1.807, 2.05) is 0 Å². The third-order valence-corrected chi connectivity index (χ3v) is 12.1. The third-order valence-electron chi connectivity index (χ3n) is 12.1. The van der Waals surface area contributed by atoms with E-state index in [2.05, 4.69) is 41.9 Å². The van der Waals surface area contributed by atoms with Gasteiger partial charge in [0.2, 0.25) is 41.4 Å². The first kappa shape index (κ1) is 67.8. The van der Waals surface area contributed by atoms with Gasteiger partial charge in [-0.1, -0.05) is 84.4 Å². The highest BCUT2D eigenvalue weighted by atomic mass is 16.6. The van der Waals surface area contributed by atoms with Crippen molar-refractivity contribution in [3.05, 3.63) is 66.0 Å². The zero-order chi connectivity index (χ0) is 59.7. The lowest BCUT2D eigenvalue weighted by molar-refractivity contribution is -0.164. The summed E-state index contributed by atoms with van der Waals surface area (Å²) in [5, 5.41) is 47.2. The van der Waals surface area contributed by atoms with E-state index in [0.717, 1.165) is 6.92 Å². The largest absolute Gasteiger partial charge is 0.459 e. The summed E-state index contributed by atoms with van der Waals surface area (Å²) in [6.07, 6.45) is -0.959. The van der Waals surface area contributed by atoms with Crippen LogP contribution in [0, 0.1) is 17.8 Å². The van der Waals surface area contributed by atoms with E-state index in [9.17, 15) is 58.5 Å². The van der Waals surface area contributed by atoms with Gasteiger partial charge in [0.25, 0.3) is 0 Å². The Hall–Kier alpha value is -7.29. The second kappa shape index (κ2) is 33.2. The zero-order valence-electron chi connectivity index (χ0n) is 46.9. The highest BCUT2D eigenvalue weighted by Gasteiger charge is 2.40. The number of carbonyl (C=O) groups is 9. The van der Waals surface area contributed by atoms with Crippen LogP contribution in [0.15, 0.2) is 59.9 Å². The van der Waals surface area contributed by atoms with Crippen LogP contribution in [0.25, 0.3) is 0 Å². The minimum atomic E-state index is -1.92. The van der Waals surface area contributed by atoms with Gasteiger partial charge in [-0.3, -0.25) is 48.4 Å². The third kappa shape index (κ3) is 23.7. The second-order valence-electron chi connectivity index (χ2n) is 20.9. The van der Waals surface area contributed by atoms with Crippen molar-refractivity contribution in [2.24, 2.45) is 39.9 Å². The number of imide groups is 1. The van der Waals surface area contributed by atoms with Crippen LogP contribution in [0.2, 0.25) is 0 Å². The maximum Gasteiger partial charge on any atom is 0.408 e. The fourth-order valence-corrected chi connectivity index (χ4v) is 7.67. The molecule has 2 rings (SSSR count). The van der Waals surface area contributed by atoms with Crippen molar-refractivity contribution in [1.29, 1.82) is 0 Å². The molecule has 1 aromatic carbocycles. The van der Waals surface area contributed by atoms with Crippen molar-refractivity contribution in [2.75, 3.05) is 19.7 Å². The number of aromatic nitrogens is 1. The number of guanidine groups is 1. The molecule has 0 saturated heterocycles. The summed E-state index contributed by atoms with van der Waals surface area (Å²) in [6.45, 7) is 13.7. The maximum absolute atomic E-state index is 14.3. The number of rotatable bonds is 31. The monoisotopic (exact) mass is 1110 g/mol. The van der Waals surface area contributed by atoms with E-state index < -0.39 is 139 Å². The van der Waals surface area contributed by atoms with Gasteiger partial charge < -0.3 is 73.9 Å². The molecule has 0 radical (unpaired) electrons. The summed E-state index contributed by atoms with van der Waals surface area (Å²) in [7, 11) is 0. The smallest absolute Gasteiger partial charge is 0.408 e. The van der Waals surface area contributed by atoms with Crippen LogP contribution in [0.4, 0.5) is 4.79 Å². The molecule has 10 atom stereocenters. The molecule has 440 valence electrons. The molecule has 79 heavy (non-hydrogen) atoms. The van der Waals surface area contributed by atoms with E-state index in [1.165, 1.54) is 12.4 Å². The van der Waals surface area contributed by atoms with Gasteiger partial charge in [0.1, 0.15) is 42.4 Å². The Morgan fingerprint density at radius 1 is 0.759 bits per heavy atom. The number of aliphatic imine (C=N–C) groups is 1. The lowest BCUT2D eigenvalue weighted by Gasteiger charge is -2.31. The number of aliphatic hydroxyl groups is 3. The minimum Gasteiger partial charge on any atom is -0.459 e. The SMILES string of the molecule is CC[C@H](C)[C@H](NC(=O)[C@@H](CCCN=C(N)N)NC(=O)[C@H](CC(C)C)NC(=O)[C@@H](NC(=O)OC(C)(C)C)[C@H](O)C(C)C)C(=O)N[C@H](C(=O)NCC(=O)N(C(=O)[C@@H](N)Cc1cccnc1)[C@@H](CO)C(=O)OCc1ccccc1)[C@H](C)O. The van der Waals surface area contributed by atoms with Gasteiger partial charge in [-0.05, 0) is 88.3 Å². The molecule has 26 nitrogen and oxygen atoms in total. The molecule has 1 aromatic heterocycles. The number of pyridine rings is 1. The summed E-state index contributed by atoms with van der Waals surface area (Å²) in [6, 6.07) is 0.744. The minimum absolute atomic E-state index is 0.0192. The Labute approximate surface area is 461 Å². The van der Waals surface area contributed by atoms with Crippen LogP contribution in [-0.4, -0.2) is 164 Å². The summed E-state index contributed by atoms with van der Waals surface area (Å²) in [5.74, 6) is -9.92. The molecule has 8 amide bonds. The number of alkyl carbamates (subject to hydrolysis) is 1. The molecule has 15 N–H and O–H groups in total. The number of aliphatic hydroxyl groups excluding tert-OH is 3. The average Bonchev–Trinajstić information content (AvgIpc) is 3.38. The fourth-order valence-electron chi connectivity index (χ4n) is 7.67. The van der Waals surface area contributed by atoms with Crippen LogP contribution < -0.4 is 49.1 Å². The van der Waals surface area contributed by atoms with Gasteiger partial charge >= 0.3 is 12.1 Å². The quantitative estimate of drug-likeness (QED) is 0.0185. The number of hydrogen-bond donors (Lipinski definition) is 12. The molecule has 0 fully saturated rings. The van der Waals surface area contributed by atoms with E-state index in [0.29, 0.717) is 16.0 Å². The van der Waals surface area contributed by atoms with Crippen LogP contribution in [0.3, 0.4) is 0 Å². The number of nitrogens with zero attached hydrogens (tertiary/aromatic N) is 3. The van der Waals surface area contributed by atoms with Crippen molar-refractivity contribution in [3.8, 4) is 0 Å². The van der Waals surface area contributed by atoms with E-state index in [1.54, 1.807) is 105 Å². The number of nitrogens with one attached hydrogen (secondary N) is 6. The molecule has 0 aliphatic rings. The van der Waals surface area contributed by atoms with Gasteiger partial charge in [0.05, 0.1) is 31.4 Å². The molecule has 0 aliphatic heterocycles. The van der Waals surface area contributed by atoms with Crippen LogP contribution >= 0.6 is 0 Å². The second-order valence-corrected chi connectivity index (χ2v) is 20.9. The zero-order valence-corrected chi connectivity index (χ0v) is 46.9. The number of hydrogen-bond acceptors (Lipinski definition) is 17. The number of ether oxygens (including phenoxy) is 2. The summed E-state index contributed by atoms with van der Waals surface area (Å²) in [4.78, 5) is 133. The standard InChI is InChI=1S/C53H84N12O14/c1-11-31(6)40(62-44(70)36(20-16-22-58-51(55)56)60-45(71)37(23-29(2)3)61-48(74)42(43(69)30(4)5)64-52(77)79-53(8,9)10)47(73)63-41(32(7)67)46(72)59-26-39(68)65(49(75)35(54)24-34-19-15-21-57-25-34)38(27-66)50(76)78-28-33-17-13-12-14-18-33/h12-15,17-19,21,25,29-32,35-38,40-43,66-67,69H,11,16,20,22-24,26-28,54H2,1-10H3,(H,59,72)(H,60,71)(H,61,74)(H,62,70)(H,63,73)(H,64,77)(H4,55,56,58)/t31-,32-,35-,36+,37-,38-,40-,41-,42-,43+/m0/s1. The molecule has 0 unspecified atom stereocenters. The van der Waals surface area contributed by atoms with Crippen molar-refractivity contribution in [1.82, 2.24) is 41.8 Å². The Morgan fingerprint density at radius 3 is 1.90 bits per heavy atom. The fraction of sp³-hybridized carbons (Fsp3) is 0.604. The molecule has 0 saturated carbocycles. The Kier molecular flexibility index (Phi) is 28.5. The van der Waals surface area contributed by atoms with E-state index in [-0.39, 0.29) is 57.1 Å². The lowest BCUT2D eigenvalue weighted by Crippen LogP contribution is -2.62. The van der Waals surface area contributed by atoms with Gasteiger partial charge in [-0.15, -0.1) is 0 Å². The summed E-state index contributed by atoms with van der Waals surface area (Å²) in [5.41, 5.74) is 17.4. The summed E-state index contributed by atoms with van der Waals surface area (Å²) >= 11 is 0. The predicted octanol–water partition coefficient (Wildman–Crippen LogP) is -1.10. The first-order valence-corrected chi connectivity index (χ1v) is 26.2. The van der Waals surface area contributed by atoms with Gasteiger partial charge in [0, 0.05) is 18.9 Å². The number of amides is 8. The van der Waals surface area contributed by atoms with Crippen molar-refractivity contribution in [3.63, 3.8) is 0 Å². The molecular formula is C53H84N12O14. The van der Waals surface area contributed by atoms with E-state index >= 15 is 0 Å². The van der Waals surface area contributed by atoms with Crippen molar-refractivity contribution < 1.29 is 67.9 Å². The Morgan fingerprint density at radius 2 is 1.35 bits per heavy atom. The first-order chi connectivity index (χ1) is 37.0. The van der Waals surface area contributed by atoms with E-state index in [4.69, 9.17) is 26.7 Å². The molecule has 0 spiro atoms. The summed E-state index contributed by atoms with van der Waals surface area (Å²) < 4.78 is 10.7. The van der Waals surface area contributed by atoms with Crippen LogP contribution in [0.1, 0.15) is 106 Å². The highest BCUT2D eigenvalue weighted by Crippen LogP contribution is 2.16. The van der Waals surface area contributed by atoms with Crippen LogP contribution in [-0.2, 0) is 60.9 Å². The first-order valence-electron chi connectivity index (χ1n) is 26.2. The molecule has 0 aliphatic carbocycles. The maximum atomic E-state index is 14.3. The van der Waals surface area contributed by atoms with Gasteiger partial charge in [0.15, 0.2) is 12.0 Å². The van der Waals surface area contributed by atoms with Crippen molar-refractivity contribution in [2.45, 2.75) is 168 Å². The van der Waals surface area contributed by atoms with Crippen molar-refractivity contribution >= 4 is 59.4 Å². The molecule has 26 heteroatoms. The average molecular weight is 1110 g/mol. The highest BCUT2D eigenvalue weighted by molar-refractivity contribution is 6.04. The normalized spacial score (nSPS) is 15.2. The molecule has 2 aromatic rings. The Balaban J connectivity index is 2.43. The van der Waals surface area contributed by atoms with Gasteiger partial charge in [-0.25, -0.2) is 9.59 Å².